The highest BCUT2D eigenvalue weighted by Gasteiger charge is 2.32. The van der Waals surface area contributed by atoms with Crippen molar-refractivity contribution in [3.05, 3.63) is 30.3 Å². The number of carbonyl (C=O) groups is 1. The average Bonchev–Trinajstić information content (AvgIpc) is 2.57. The molecule has 1 aliphatic heterocycles. The minimum absolute atomic E-state index is 0.155. The van der Waals surface area contributed by atoms with Gasteiger partial charge in [-0.2, -0.15) is 10.1 Å². The van der Waals surface area contributed by atoms with E-state index in [-0.39, 0.29) is 5.91 Å². The summed E-state index contributed by atoms with van der Waals surface area (Å²) in [5, 5.41) is 5.59. The highest BCUT2D eigenvalue weighted by Crippen LogP contribution is 2.20. The Morgan fingerprint density at radius 3 is 2.60 bits per heavy atom. The van der Waals surface area contributed by atoms with Crippen LogP contribution in [-0.2, 0) is 4.79 Å². The smallest absolute Gasteiger partial charge is 0.270 e. The zero-order valence-corrected chi connectivity index (χ0v) is 8.55. The fraction of sp³-hybridized carbons (Fsp3) is 0.273. The van der Waals surface area contributed by atoms with Crippen molar-refractivity contribution in [2.45, 2.75) is 19.4 Å². The van der Waals surface area contributed by atoms with Crippen LogP contribution >= 0.6 is 0 Å². The lowest BCUT2D eigenvalue weighted by Crippen LogP contribution is -2.38. The van der Waals surface area contributed by atoms with Crippen molar-refractivity contribution in [2.75, 3.05) is 5.01 Å². The number of hydrogen-bond acceptors (Lipinski definition) is 3. The van der Waals surface area contributed by atoms with E-state index in [0.717, 1.165) is 11.4 Å². The Labute approximate surface area is 88.4 Å². The number of nitrogens with zero attached hydrogens (tertiary/aromatic N) is 2. The first-order chi connectivity index (χ1) is 7.24. The average molecular weight is 203 g/mol. The van der Waals surface area contributed by atoms with Gasteiger partial charge >= 0.3 is 0 Å². The van der Waals surface area contributed by atoms with E-state index in [1.165, 1.54) is 5.01 Å². The van der Waals surface area contributed by atoms with Gasteiger partial charge in [0.1, 0.15) is 6.04 Å². The monoisotopic (exact) mass is 203 g/mol. The summed E-state index contributed by atoms with van der Waals surface area (Å²) in [4.78, 5) is 11.8. The molecule has 4 heteroatoms. The minimum atomic E-state index is -0.574. The predicted molar refractivity (Wildman–Crippen MR) is 59.6 cm³/mol. The van der Waals surface area contributed by atoms with Crippen LogP contribution in [0.25, 0.3) is 0 Å². The van der Waals surface area contributed by atoms with Crippen LogP contribution in [0, 0.1) is 0 Å². The van der Waals surface area contributed by atoms with Crippen LogP contribution in [0.1, 0.15) is 13.3 Å². The molecule has 78 valence electrons. The number of nitrogens with two attached hydrogens (primary N) is 1. The number of amides is 1. The fourth-order valence-electron chi connectivity index (χ4n) is 1.56. The Kier molecular flexibility index (Phi) is 2.51. The van der Waals surface area contributed by atoms with Gasteiger partial charge in [-0.05, 0) is 18.6 Å². The molecule has 15 heavy (non-hydrogen) atoms. The highest BCUT2D eigenvalue weighted by molar-refractivity contribution is 6.18. The number of benzene rings is 1. The van der Waals surface area contributed by atoms with E-state index >= 15 is 0 Å². The molecule has 0 saturated carbocycles. The van der Waals surface area contributed by atoms with Crippen molar-refractivity contribution in [3.63, 3.8) is 0 Å². The van der Waals surface area contributed by atoms with Crippen molar-refractivity contribution < 1.29 is 4.79 Å². The van der Waals surface area contributed by atoms with Gasteiger partial charge in [-0.15, -0.1) is 0 Å². The standard InChI is InChI=1S/C11H13N3O/c1-2-9-10(12)11(15)14(13-9)8-6-4-3-5-7-8/h3-7,10H,2,12H2,1H3. The summed E-state index contributed by atoms with van der Waals surface area (Å²) in [7, 11) is 0. The summed E-state index contributed by atoms with van der Waals surface area (Å²) in [6, 6.07) is 8.74. The molecule has 0 aliphatic carbocycles. The second kappa shape index (κ2) is 3.82. The number of carbonyl (C=O) groups excluding carboxylic acids is 1. The van der Waals surface area contributed by atoms with Gasteiger partial charge in [0.25, 0.3) is 5.91 Å². The van der Waals surface area contributed by atoms with Crippen molar-refractivity contribution in [2.24, 2.45) is 10.8 Å². The first kappa shape index (κ1) is 9.86. The second-order valence-electron chi connectivity index (χ2n) is 3.41. The number of anilines is 1. The molecule has 1 aromatic carbocycles. The van der Waals surface area contributed by atoms with Gasteiger partial charge in [0.15, 0.2) is 0 Å². The summed E-state index contributed by atoms with van der Waals surface area (Å²) in [6.07, 6.45) is 0.705. The molecule has 1 aromatic rings. The van der Waals surface area contributed by atoms with Crippen LogP contribution in [0.15, 0.2) is 35.4 Å². The molecule has 0 bridgehead atoms. The Bertz CT molecular complexity index is 400. The van der Waals surface area contributed by atoms with Crippen molar-refractivity contribution >= 4 is 17.3 Å². The summed E-state index contributed by atoms with van der Waals surface area (Å²) in [5.41, 5.74) is 7.24. The van der Waals surface area contributed by atoms with Gasteiger partial charge in [-0.25, -0.2) is 0 Å². The molecule has 0 radical (unpaired) electrons. The normalized spacial score (nSPS) is 20.7. The quantitative estimate of drug-likeness (QED) is 0.783. The van der Waals surface area contributed by atoms with E-state index in [0.29, 0.717) is 6.42 Å². The lowest BCUT2D eigenvalue weighted by Gasteiger charge is -2.11. The molecular formula is C11H13N3O. The van der Waals surface area contributed by atoms with Crippen LogP contribution in [0.4, 0.5) is 5.69 Å². The molecule has 1 aliphatic rings. The number of hydrazone groups is 1. The molecule has 4 nitrogen and oxygen atoms in total. The van der Waals surface area contributed by atoms with Gasteiger partial charge in [0.2, 0.25) is 0 Å². The third-order valence-electron chi connectivity index (χ3n) is 2.43. The van der Waals surface area contributed by atoms with Crippen LogP contribution < -0.4 is 10.7 Å². The van der Waals surface area contributed by atoms with E-state index < -0.39 is 6.04 Å². The highest BCUT2D eigenvalue weighted by atomic mass is 16.2. The molecule has 2 rings (SSSR count). The van der Waals surface area contributed by atoms with Crippen molar-refractivity contribution in [1.29, 1.82) is 0 Å². The Morgan fingerprint density at radius 2 is 2.07 bits per heavy atom. The lowest BCUT2D eigenvalue weighted by molar-refractivity contribution is -0.117. The number of para-hydroxylation sites is 1. The topological polar surface area (TPSA) is 58.7 Å². The molecule has 2 N–H and O–H groups in total. The molecule has 0 fully saturated rings. The third kappa shape index (κ3) is 1.64. The summed E-state index contributed by atoms with van der Waals surface area (Å²) in [5.74, 6) is -0.155. The zero-order chi connectivity index (χ0) is 10.8. The summed E-state index contributed by atoms with van der Waals surface area (Å²) < 4.78 is 0. The maximum absolute atomic E-state index is 11.8. The molecule has 1 heterocycles. The van der Waals surface area contributed by atoms with Gasteiger partial charge in [0, 0.05) is 0 Å². The summed E-state index contributed by atoms with van der Waals surface area (Å²) in [6.45, 7) is 1.94. The third-order valence-corrected chi connectivity index (χ3v) is 2.43. The zero-order valence-electron chi connectivity index (χ0n) is 8.55. The Hall–Kier alpha value is -1.68. The maximum atomic E-state index is 11.8. The predicted octanol–water partition coefficient (Wildman–Crippen LogP) is 1.13. The molecule has 0 aromatic heterocycles. The maximum Gasteiger partial charge on any atom is 0.270 e. The Balaban J connectivity index is 2.33. The number of rotatable bonds is 2. The van der Waals surface area contributed by atoms with Gasteiger partial charge < -0.3 is 5.73 Å². The van der Waals surface area contributed by atoms with Crippen LogP contribution in [-0.4, -0.2) is 17.7 Å². The number of hydrogen-bond donors (Lipinski definition) is 1. The van der Waals surface area contributed by atoms with Crippen molar-refractivity contribution in [3.8, 4) is 0 Å². The van der Waals surface area contributed by atoms with E-state index in [9.17, 15) is 4.79 Å². The van der Waals surface area contributed by atoms with E-state index in [1.54, 1.807) is 0 Å². The van der Waals surface area contributed by atoms with Crippen LogP contribution in [0.3, 0.4) is 0 Å². The molecule has 1 atom stereocenters. The van der Waals surface area contributed by atoms with E-state index in [1.807, 2.05) is 37.3 Å². The first-order valence-corrected chi connectivity index (χ1v) is 4.96. The second-order valence-corrected chi connectivity index (χ2v) is 3.41. The molecule has 0 saturated heterocycles. The van der Waals surface area contributed by atoms with E-state index in [2.05, 4.69) is 5.10 Å². The van der Waals surface area contributed by atoms with Gasteiger partial charge in [-0.3, -0.25) is 4.79 Å². The largest absolute Gasteiger partial charge is 0.315 e. The van der Waals surface area contributed by atoms with Crippen LogP contribution in [0.2, 0.25) is 0 Å². The lowest BCUT2D eigenvalue weighted by atomic mass is 10.1. The van der Waals surface area contributed by atoms with Crippen LogP contribution in [0.5, 0.6) is 0 Å². The molecule has 1 amide bonds. The SMILES string of the molecule is CCC1=NN(c2ccccc2)C(=O)C1N. The van der Waals surface area contributed by atoms with Crippen molar-refractivity contribution in [1.82, 2.24) is 0 Å². The fourth-order valence-corrected chi connectivity index (χ4v) is 1.56. The summed E-state index contributed by atoms with van der Waals surface area (Å²) >= 11 is 0. The molecule has 1 unspecified atom stereocenters. The molecular weight excluding hydrogens is 190 g/mol. The molecule has 0 spiro atoms. The Morgan fingerprint density at radius 1 is 1.40 bits per heavy atom. The van der Waals surface area contributed by atoms with E-state index in [4.69, 9.17) is 5.73 Å². The first-order valence-electron chi connectivity index (χ1n) is 4.96. The minimum Gasteiger partial charge on any atom is -0.315 e. The van der Waals surface area contributed by atoms with Gasteiger partial charge in [0.05, 0.1) is 11.4 Å². The van der Waals surface area contributed by atoms with Gasteiger partial charge in [-0.1, -0.05) is 25.1 Å².